The van der Waals surface area contributed by atoms with Crippen LogP contribution in [0.2, 0.25) is 0 Å². The minimum absolute atomic E-state index is 0.0113. The second-order valence-corrected chi connectivity index (χ2v) is 5.39. The SMILES string of the molecule is C#CCC(C)NS(=O)(=O)N(C)CCC(=O)OC. The molecule has 0 aliphatic rings. The van der Waals surface area contributed by atoms with Crippen molar-refractivity contribution in [2.45, 2.75) is 25.8 Å². The van der Waals surface area contributed by atoms with Gasteiger partial charge in [-0.3, -0.25) is 4.79 Å². The summed E-state index contributed by atoms with van der Waals surface area (Å²) in [4.78, 5) is 10.9. The van der Waals surface area contributed by atoms with Crippen LogP contribution in [0.1, 0.15) is 19.8 Å². The van der Waals surface area contributed by atoms with Gasteiger partial charge in [0, 0.05) is 26.1 Å². The fourth-order valence-corrected chi connectivity index (χ4v) is 2.14. The average Bonchev–Trinajstić information content (AvgIpc) is 2.24. The minimum atomic E-state index is -3.61. The number of carbonyl (C=O) groups excluding carboxylic acids is 1. The Bertz CT molecular complexity index is 386. The van der Waals surface area contributed by atoms with Crippen LogP contribution < -0.4 is 4.72 Å². The molecule has 0 aliphatic heterocycles. The fraction of sp³-hybridized carbons (Fsp3) is 0.700. The normalized spacial score (nSPS) is 13.1. The van der Waals surface area contributed by atoms with Crippen molar-refractivity contribution in [1.82, 2.24) is 9.03 Å². The van der Waals surface area contributed by atoms with Crippen LogP contribution in [0.4, 0.5) is 0 Å². The van der Waals surface area contributed by atoms with Gasteiger partial charge in [0.2, 0.25) is 0 Å². The van der Waals surface area contributed by atoms with E-state index >= 15 is 0 Å². The molecule has 0 heterocycles. The van der Waals surface area contributed by atoms with Gasteiger partial charge >= 0.3 is 5.97 Å². The van der Waals surface area contributed by atoms with Gasteiger partial charge in [-0.25, -0.2) is 0 Å². The number of hydrogen-bond acceptors (Lipinski definition) is 4. The van der Waals surface area contributed by atoms with E-state index in [-0.39, 0.29) is 19.0 Å². The molecule has 0 spiro atoms. The van der Waals surface area contributed by atoms with Gasteiger partial charge in [-0.2, -0.15) is 17.4 Å². The van der Waals surface area contributed by atoms with E-state index in [1.54, 1.807) is 6.92 Å². The van der Waals surface area contributed by atoms with E-state index in [1.807, 2.05) is 0 Å². The Balaban J connectivity index is 4.31. The molecule has 0 aromatic heterocycles. The van der Waals surface area contributed by atoms with Crippen LogP contribution >= 0.6 is 0 Å². The van der Waals surface area contributed by atoms with Crippen LogP contribution in [0.25, 0.3) is 0 Å². The Morgan fingerprint density at radius 1 is 1.59 bits per heavy atom. The van der Waals surface area contributed by atoms with E-state index in [0.29, 0.717) is 6.42 Å². The lowest BCUT2D eigenvalue weighted by Gasteiger charge is -2.19. The number of nitrogens with one attached hydrogen (secondary N) is 1. The third-order valence-corrected chi connectivity index (χ3v) is 3.75. The Hall–Kier alpha value is -1.10. The Labute approximate surface area is 103 Å². The van der Waals surface area contributed by atoms with E-state index < -0.39 is 16.2 Å². The number of terminal acetylenes is 1. The monoisotopic (exact) mass is 262 g/mol. The number of carbonyl (C=O) groups is 1. The Morgan fingerprint density at radius 2 is 2.18 bits per heavy atom. The van der Waals surface area contributed by atoms with Crippen molar-refractivity contribution < 1.29 is 17.9 Å². The fourth-order valence-electron chi connectivity index (χ4n) is 1.03. The van der Waals surface area contributed by atoms with Crippen molar-refractivity contribution in [1.29, 1.82) is 0 Å². The molecule has 0 aromatic rings. The molecule has 0 saturated carbocycles. The third-order valence-electron chi connectivity index (χ3n) is 2.04. The van der Waals surface area contributed by atoms with Gasteiger partial charge in [0.05, 0.1) is 13.5 Å². The summed E-state index contributed by atoms with van der Waals surface area (Å²) in [6, 6.07) is -0.342. The maximum Gasteiger partial charge on any atom is 0.306 e. The summed E-state index contributed by atoms with van der Waals surface area (Å²) in [7, 11) is -0.969. The van der Waals surface area contributed by atoms with Gasteiger partial charge in [0.25, 0.3) is 10.2 Å². The first-order valence-corrected chi connectivity index (χ1v) is 6.51. The molecule has 1 atom stereocenters. The predicted molar refractivity (Wildman–Crippen MR) is 64.2 cm³/mol. The summed E-state index contributed by atoms with van der Waals surface area (Å²) in [5, 5.41) is 0. The number of ether oxygens (including phenoxy) is 1. The van der Waals surface area contributed by atoms with Gasteiger partial charge in [-0.1, -0.05) is 0 Å². The summed E-state index contributed by atoms with van der Waals surface area (Å²) < 4.78 is 31.3. The number of rotatable bonds is 7. The molecule has 6 nitrogen and oxygen atoms in total. The smallest absolute Gasteiger partial charge is 0.306 e. The number of methoxy groups -OCH3 is 1. The van der Waals surface area contributed by atoms with Gasteiger partial charge in [-0.05, 0) is 6.92 Å². The standard InChI is InChI=1S/C10H18N2O4S/c1-5-6-9(2)11-17(14,15)12(3)8-7-10(13)16-4/h1,9,11H,6-8H2,2-4H3. The first kappa shape index (κ1) is 15.9. The molecule has 17 heavy (non-hydrogen) atoms. The highest BCUT2D eigenvalue weighted by atomic mass is 32.2. The van der Waals surface area contributed by atoms with Crippen molar-refractivity contribution in [3.63, 3.8) is 0 Å². The van der Waals surface area contributed by atoms with Crippen LogP contribution in [0.15, 0.2) is 0 Å². The first-order valence-electron chi connectivity index (χ1n) is 5.07. The van der Waals surface area contributed by atoms with Crippen LogP contribution in [-0.2, 0) is 19.7 Å². The Kier molecular flexibility index (Phi) is 6.80. The molecule has 1 N–H and O–H groups in total. The molecule has 0 amide bonds. The van der Waals surface area contributed by atoms with Crippen molar-refractivity contribution in [2.75, 3.05) is 20.7 Å². The molecule has 7 heteroatoms. The number of esters is 1. The molecule has 0 aromatic carbocycles. The zero-order valence-electron chi connectivity index (χ0n) is 10.3. The molecule has 0 rings (SSSR count). The summed E-state index contributed by atoms with van der Waals surface area (Å²) >= 11 is 0. The molecule has 0 saturated heterocycles. The van der Waals surface area contributed by atoms with Crippen LogP contribution in [-0.4, -0.2) is 45.4 Å². The lowest BCUT2D eigenvalue weighted by Crippen LogP contribution is -2.43. The van der Waals surface area contributed by atoms with Crippen molar-refractivity contribution in [2.24, 2.45) is 0 Å². The molecule has 0 bridgehead atoms. The van der Waals surface area contributed by atoms with E-state index in [1.165, 1.54) is 14.2 Å². The van der Waals surface area contributed by atoms with E-state index in [0.717, 1.165) is 4.31 Å². The average molecular weight is 262 g/mol. The predicted octanol–water partition coefficient (Wildman–Crippen LogP) is -0.272. The molecule has 0 fully saturated rings. The van der Waals surface area contributed by atoms with Crippen LogP contribution in [0, 0.1) is 12.3 Å². The first-order chi connectivity index (χ1) is 7.83. The number of nitrogens with zero attached hydrogens (tertiary/aromatic N) is 1. The van der Waals surface area contributed by atoms with Gasteiger partial charge < -0.3 is 4.74 Å². The highest BCUT2D eigenvalue weighted by Gasteiger charge is 2.20. The molecule has 1 unspecified atom stereocenters. The molecule has 0 aliphatic carbocycles. The van der Waals surface area contributed by atoms with Crippen molar-refractivity contribution >= 4 is 16.2 Å². The van der Waals surface area contributed by atoms with E-state index in [2.05, 4.69) is 15.4 Å². The second kappa shape index (κ2) is 7.27. The van der Waals surface area contributed by atoms with Crippen molar-refractivity contribution in [3.8, 4) is 12.3 Å². The lowest BCUT2D eigenvalue weighted by atomic mass is 10.3. The van der Waals surface area contributed by atoms with Crippen LogP contribution in [0.5, 0.6) is 0 Å². The van der Waals surface area contributed by atoms with E-state index in [9.17, 15) is 13.2 Å². The van der Waals surface area contributed by atoms with Crippen LogP contribution in [0.3, 0.4) is 0 Å². The largest absolute Gasteiger partial charge is 0.469 e. The number of hydrogen-bond donors (Lipinski definition) is 1. The topological polar surface area (TPSA) is 75.7 Å². The minimum Gasteiger partial charge on any atom is -0.469 e. The van der Waals surface area contributed by atoms with E-state index in [4.69, 9.17) is 6.42 Å². The second-order valence-electron chi connectivity index (χ2n) is 3.58. The zero-order valence-corrected chi connectivity index (χ0v) is 11.1. The summed E-state index contributed by atoms with van der Waals surface area (Å²) in [6.07, 6.45) is 5.40. The maximum absolute atomic E-state index is 11.7. The lowest BCUT2D eigenvalue weighted by molar-refractivity contribution is -0.140. The molecule has 0 radical (unpaired) electrons. The summed E-state index contributed by atoms with van der Waals surface area (Å²) in [5.74, 6) is 1.91. The molecular formula is C10H18N2O4S. The quantitative estimate of drug-likeness (QED) is 0.506. The molecule has 98 valence electrons. The van der Waals surface area contributed by atoms with Crippen molar-refractivity contribution in [3.05, 3.63) is 0 Å². The zero-order chi connectivity index (χ0) is 13.5. The van der Waals surface area contributed by atoms with Gasteiger partial charge in [0.1, 0.15) is 0 Å². The third kappa shape index (κ3) is 6.26. The maximum atomic E-state index is 11.7. The van der Waals surface area contributed by atoms with Gasteiger partial charge in [-0.15, -0.1) is 12.3 Å². The molecular weight excluding hydrogens is 244 g/mol. The van der Waals surface area contributed by atoms with Gasteiger partial charge in [0.15, 0.2) is 0 Å². The Morgan fingerprint density at radius 3 is 2.65 bits per heavy atom. The summed E-state index contributed by atoms with van der Waals surface area (Å²) in [6.45, 7) is 1.73. The summed E-state index contributed by atoms with van der Waals surface area (Å²) in [5.41, 5.74) is 0. The highest BCUT2D eigenvalue weighted by molar-refractivity contribution is 7.87. The highest BCUT2D eigenvalue weighted by Crippen LogP contribution is 2.00.